The third-order valence-electron chi connectivity index (χ3n) is 8.26. The highest BCUT2D eigenvalue weighted by atomic mass is 16.7. The maximum absolute atomic E-state index is 12.8. The number of carbonyl (C=O) groups is 2. The van der Waals surface area contributed by atoms with E-state index in [2.05, 4.69) is 0 Å². The van der Waals surface area contributed by atoms with Gasteiger partial charge in [0.05, 0.1) is 30.0 Å². The highest BCUT2D eigenvalue weighted by Crippen LogP contribution is 2.50. The van der Waals surface area contributed by atoms with Crippen LogP contribution >= 0.6 is 0 Å². The molecule has 0 amide bonds. The Hall–Kier alpha value is -4.61. The molecule has 47 heavy (non-hydrogen) atoms. The Morgan fingerprint density at radius 3 is 1.94 bits per heavy atom. The van der Waals surface area contributed by atoms with Crippen LogP contribution in [0, 0.1) is 0 Å². The minimum absolute atomic E-state index is 0.0138. The second-order valence-electron chi connectivity index (χ2n) is 11.0. The molecule has 0 spiro atoms. The van der Waals surface area contributed by atoms with E-state index < -0.39 is 58.2 Å². The van der Waals surface area contributed by atoms with Crippen LogP contribution in [0.4, 0.5) is 5.69 Å². The number of aliphatic hydroxyl groups is 12. The van der Waals surface area contributed by atoms with Crippen LogP contribution in [0.3, 0.4) is 0 Å². The molecule has 248 valence electrons. The van der Waals surface area contributed by atoms with Gasteiger partial charge in [-0.1, -0.05) is 0 Å². The molecule has 1 aliphatic carbocycles. The molecule has 3 heterocycles. The van der Waals surface area contributed by atoms with Crippen LogP contribution in [0.2, 0.25) is 0 Å². The van der Waals surface area contributed by atoms with Gasteiger partial charge in [0.15, 0.2) is 0 Å². The molecule has 2 fully saturated rings. The number of nitrogens with zero attached hydrogens (tertiary/aromatic N) is 2. The van der Waals surface area contributed by atoms with Crippen molar-refractivity contribution in [2.45, 2.75) is 35.2 Å². The summed E-state index contributed by atoms with van der Waals surface area (Å²) in [6.07, 6.45) is 0. The number of esters is 1. The lowest BCUT2D eigenvalue weighted by Gasteiger charge is -2.61. The van der Waals surface area contributed by atoms with Crippen LogP contribution in [-0.2, 0) is 4.74 Å². The minimum atomic E-state index is -3.86. The van der Waals surface area contributed by atoms with Gasteiger partial charge in [-0.05, 0) is 42.0 Å². The molecule has 19 nitrogen and oxygen atoms in total. The maximum Gasteiger partial charge on any atom is 0.456 e. The Labute approximate surface area is 259 Å². The summed E-state index contributed by atoms with van der Waals surface area (Å²) in [5, 5.41) is 130. The number of anilines is 1. The molecular formula is C28H25N2O17+. The summed E-state index contributed by atoms with van der Waals surface area (Å²) in [6, 6.07) is 9.81. The van der Waals surface area contributed by atoms with Gasteiger partial charge in [-0.2, -0.15) is 0 Å². The van der Waals surface area contributed by atoms with Crippen molar-refractivity contribution < 1.29 is 85.1 Å². The Bertz CT molecular complexity index is 2020. The van der Waals surface area contributed by atoms with E-state index >= 15 is 0 Å². The molecule has 2 aromatic carbocycles. The number of benzene rings is 3. The average molecular weight is 662 g/mol. The largest absolute Gasteiger partial charge is 0.478 e. The summed E-state index contributed by atoms with van der Waals surface area (Å²) in [4.78, 5) is 24.7. The number of fused-ring (bicyclic) bond motifs is 2. The molecule has 0 saturated carbocycles. The fourth-order valence-electron chi connectivity index (χ4n) is 5.73. The van der Waals surface area contributed by atoms with Crippen LogP contribution in [0.1, 0.15) is 20.7 Å². The maximum atomic E-state index is 12.8. The first-order valence-corrected chi connectivity index (χ1v) is 13.1. The van der Waals surface area contributed by atoms with Crippen molar-refractivity contribution in [1.29, 1.82) is 0 Å². The first kappa shape index (κ1) is 32.3. The number of aromatic carboxylic acids is 1. The molecule has 0 radical (unpaired) electrons. The summed E-state index contributed by atoms with van der Waals surface area (Å²) in [6.45, 7) is 0. The second-order valence-corrected chi connectivity index (χ2v) is 11.0. The van der Waals surface area contributed by atoms with E-state index in [1.165, 1.54) is 12.1 Å². The van der Waals surface area contributed by atoms with Crippen LogP contribution in [-0.4, -0.2) is 121 Å². The predicted molar refractivity (Wildman–Crippen MR) is 147 cm³/mol. The number of carboxylic acids is 1. The molecule has 13 N–H and O–H groups in total. The third-order valence-corrected chi connectivity index (χ3v) is 8.26. The van der Waals surface area contributed by atoms with Crippen molar-refractivity contribution in [2.24, 2.45) is 0 Å². The molecule has 2 aromatic rings. The van der Waals surface area contributed by atoms with Gasteiger partial charge in [0.2, 0.25) is 5.36 Å². The minimum Gasteiger partial charge on any atom is -0.478 e. The number of ether oxygens (including phenoxy) is 1. The van der Waals surface area contributed by atoms with Crippen LogP contribution in [0.15, 0.2) is 59.0 Å². The molecular weight excluding hydrogens is 636 g/mol. The fraction of sp³-hybridized carbons (Fsp3) is 0.250. The number of carboxylic acid groups (broad SMARTS) is 1. The lowest BCUT2D eigenvalue weighted by atomic mass is 9.88. The number of rotatable bonds is 4. The van der Waals surface area contributed by atoms with Crippen molar-refractivity contribution in [3.63, 3.8) is 0 Å². The standard InChI is InChI=1S/C28H24N2O17/c1-46-22(33)14-5-2-11(21(31)32)8-17(14)20-15-6-3-12(29-25(38,39)23(34,35)26(29,40)41)9-18(15)47-19-10-13(4-7-16(19)20)30-27(42,43)24(36,37)28(30,44)45/h2-10,34-45H,1H3/p+1. The van der Waals surface area contributed by atoms with Gasteiger partial charge in [0.25, 0.3) is 0 Å². The Balaban J connectivity index is 1.72. The smallest absolute Gasteiger partial charge is 0.456 e. The predicted octanol–water partition coefficient (Wildman–Crippen LogP) is -4.79. The molecule has 19 heteroatoms. The average Bonchev–Trinajstić information content (AvgIpc) is 2.98. The first-order valence-electron chi connectivity index (χ1n) is 13.1. The summed E-state index contributed by atoms with van der Waals surface area (Å²) in [5.41, 5.74) is -1.25. The van der Waals surface area contributed by atoms with Gasteiger partial charge in [0.1, 0.15) is 11.3 Å². The van der Waals surface area contributed by atoms with E-state index in [0.717, 1.165) is 49.6 Å². The van der Waals surface area contributed by atoms with Gasteiger partial charge in [0, 0.05) is 28.6 Å². The molecule has 0 unspecified atom stereocenters. The van der Waals surface area contributed by atoms with E-state index in [4.69, 9.17) is 9.15 Å². The van der Waals surface area contributed by atoms with Crippen LogP contribution < -0.4 is 14.8 Å². The van der Waals surface area contributed by atoms with Gasteiger partial charge in [-0.25, -0.2) is 9.59 Å². The molecule has 3 aliphatic heterocycles. The monoisotopic (exact) mass is 661 g/mol. The molecule has 0 aromatic heterocycles. The Morgan fingerprint density at radius 1 is 0.745 bits per heavy atom. The molecule has 0 atom stereocenters. The quantitative estimate of drug-likeness (QED) is 0.0422. The number of methoxy groups -OCH3 is 1. The molecule has 6 rings (SSSR count). The van der Waals surface area contributed by atoms with E-state index in [0.29, 0.717) is 0 Å². The molecule has 4 aliphatic rings. The van der Waals surface area contributed by atoms with Crippen LogP contribution in [0.25, 0.3) is 33.4 Å². The zero-order valence-electron chi connectivity index (χ0n) is 23.5. The SMILES string of the molecule is COC(=O)c1ccc(C(=O)O)cc1-c1c2ccc(=[N+]3C(O)(O)C(O)(O)C3(O)O)cc-2oc2cc(N3C(O)(O)C(O)(O)C3(O)O)ccc12. The lowest BCUT2D eigenvalue weighted by molar-refractivity contribution is -0.565. The van der Waals surface area contributed by atoms with Crippen molar-refractivity contribution >= 4 is 28.6 Å². The summed E-state index contributed by atoms with van der Waals surface area (Å²) < 4.78 is 10.8. The van der Waals surface area contributed by atoms with Crippen molar-refractivity contribution in [2.75, 3.05) is 12.0 Å². The van der Waals surface area contributed by atoms with Crippen molar-refractivity contribution in [1.82, 2.24) is 4.58 Å². The second kappa shape index (κ2) is 9.48. The number of hydrogen-bond acceptors (Lipinski definition) is 17. The Kier molecular flexibility index (Phi) is 6.52. The zero-order chi connectivity index (χ0) is 34.9. The van der Waals surface area contributed by atoms with Gasteiger partial charge < -0.3 is 75.5 Å². The van der Waals surface area contributed by atoms with Gasteiger partial charge >= 0.3 is 47.2 Å². The van der Waals surface area contributed by atoms with Gasteiger partial charge in [-0.15, -0.1) is 4.58 Å². The van der Waals surface area contributed by atoms with E-state index in [1.54, 1.807) is 0 Å². The molecule has 0 bridgehead atoms. The van der Waals surface area contributed by atoms with Gasteiger partial charge in [-0.3, -0.25) is 4.90 Å². The highest BCUT2D eigenvalue weighted by molar-refractivity contribution is 6.09. The van der Waals surface area contributed by atoms with Crippen LogP contribution in [0.5, 0.6) is 0 Å². The van der Waals surface area contributed by atoms with E-state index in [1.807, 2.05) is 0 Å². The topological polar surface area (TPSA) is 326 Å². The van der Waals surface area contributed by atoms with E-state index in [-0.39, 0.29) is 54.0 Å². The lowest BCUT2D eigenvalue weighted by Crippen LogP contribution is -2.92. The van der Waals surface area contributed by atoms with Crippen molar-refractivity contribution in [3.8, 4) is 22.5 Å². The highest BCUT2D eigenvalue weighted by Gasteiger charge is 2.89. The Morgan fingerprint density at radius 2 is 1.36 bits per heavy atom. The molecule has 2 saturated heterocycles. The summed E-state index contributed by atoms with van der Waals surface area (Å²) in [7, 11) is 1.06. The third kappa shape index (κ3) is 3.90. The number of hydrogen-bond donors (Lipinski definition) is 13. The number of carbonyl (C=O) groups excluding carboxylic acids is 1. The van der Waals surface area contributed by atoms with Crippen molar-refractivity contribution in [3.05, 3.63) is 71.1 Å². The first-order chi connectivity index (χ1) is 21.6. The fourth-order valence-corrected chi connectivity index (χ4v) is 5.73. The summed E-state index contributed by atoms with van der Waals surface area (Å²) in [5.74, 6) is -25.0. The zero-order valence-corrected chi connectivity index (χ0v) is 23.5. The summed E-state index contributed by atoms with van der Waals surface area (Å²) >= 11 is 0. The van der Waals surface area contributed by atoms with E-state index in [9.17, 15) is 76.0 Å². The normalized spacial score (nSPS) is 21.2.